The van der Waals surface area contributed by atoms with Crippen LogP contribution in [-0.2, 0) is 11.3 Å². The monoisotopic (exact) mass is 362 g/mol. The fourth-order valence-electron chi connectivity index (χ4n) is 3.41. The van der Waals surface area contributed by atoms with Gasteiger partial charge in [0.05, 0.1) is 19.8 Å². The molecule has 5 nitrogen and oxygen atoms in total. The van der Waals surface area contributed by atoms with Gasteiger partial charge in [-0.1, -0.05) is 19.1 Å². The van der Waals surface area contributed by atoms with Crippen molar-refractivity contribution in [2.24, 2.45) is 10.4 Å². The largest absolute Gasteiger partial charge is 0.380 e. The molecule has 2 N–H and O–H groups in total. The maximum absolute atomic E-state index is 13.0. The molecule has 0 spiro atoms. The molecule has 2 saturated heterocycles. The average molecular weight is 362 g/mol. The number of aliphatic imine (C=N–C) groups is 1. The Morgan fingerprint density at radius 1 is 1.27 bits per heavy atom. The summed E-state index contributed by atoms with van der Waals surface area (Å²) in [6.45, 7) is 10.6. The van der Waals surface area contributed by atoms with E-state index in [2.05, 4.69) is 29.4 Å². The van der Waals surface area contributed by atoms with Crippen molar-refractivity contribution in [3.63, 3.8) is 0 Å². The van der Waals surface area contributed by atoms with Gasteiger partial charge in [0, 0.05) is 37.6 Å². The summed E-state index contributed by atoms with van der Waals surface area (Å²) in [5, 5.41) is 6.95. The van der Waals surface area contributed by atoms with Crippen molar-refractivity contribution >= 4 is 5.96 Å². The lowest BCUT2D eigenvalue weighted by atomic mass is 9.89. The molecule has 0 atom stereocenters. The SMILES string of the molecule is CCNC(=NCC1(C)COC1)NC1CCN(Cc2ccc(F)cc2)CC1. The van der Waals surface area contributed by atoms with Gasteiger partial charge in [-0.3, -0.25) is 9.89 Å². The molecule has 1 aromatic carbocycles. The Kier molecular flexibility index (Phi) is 6.48. The molecular weight excluding hydrogens is 331 g/mol. The van der Waals surface area contributed by atoms with E-state index in [0.29, 0.717) is 6.04 Å². The summed E-state index contributed by atoms with van der Waals surface area (Å²) in [7, 11) is 0. The van der Waals surface area contributed by atoms with Crippen molar-refractivity contribution in [2.45, 2.75) is 39.3 Å². The van der Waals surface area contributed by atoms with E-state index in [4.69, 9.17) is 9.73 Å². The van der Waals surface area contributed by atoms with Crippen molar-refractivity contribution < 1.29 is 9.13 Å². The van der Waals surface area contributed by atoms with Crippen molar-refractivity contribution in [3.8, 4) is 0 Å². The highest BCUT2D eigenvalue weighted by Crippen LogP contribution is 2.26. The van der Waals surface area contributed by atoms with Crippen LogP contribution in [0.4, 0.5) is 4.39 Å². The minimum atomic E-state index is -0.172. The third-order valence-electron chi connectivity index (χ3n) is 5.11. The van der Waals surface area contributed by atoms with Gasteiger partial charge in [0.1, 0.15) is 5.82 Å². The van der Waals surface area contributed by atoms with Crippen molar-refractivity contribution in [3.05, 3.63) is 35.6 Å². The molecule has 26 heavy (non-hydrogen) atoms. The Morgan fingerprint density at radius 2 is 1.96 bits per heavy atom. The molecular formula is C20H31FN4O. The van der Waals surface area contributed by atoms with Crippen LogP contribution in [0.25, 0.3) is 0 Å². The number of guanidine groups is 1. The summed E-state index contributed by atoms with van der Waals surface area (Å²) >= 11 is 0. The molecule has 1 aromatic rings. The molecule has 2 heterocycles. The summed E-state index contributed by atoms with van der Waals surface area (Å²) in [5.41, 5.74) is 1.37. The van der Waals surface area contributed by atoms with E-state index in [1.54, 1.807) is 0 Å². The van der Waals surface area contributed by atoms with Gasteiger partial charge in [-0.25, -0.2) is 4.39 Å². The number of hydrogen-bond acceptors (Lipinski definition) is 3. The average Bonchev–Trinajstić information content (AvgIpc) is 2.62. The molecule has 3 rings (SSSR count). The molecule has 0 saturated carbocycles. The van der Waals surface area contributed by atoms with Crippen LogP contribution < -0.4 is 10.6 Å². The normalized spacial score (nSPS) is 21.3. The van der Waals surface area contributed by atoms with Gasteiger partial charge < -0.3 is 15.4 Å². The summed E-state index contributed by atoms with van der Waals surface area (Å²) in [6.07, 6.45) is 2.18. The number of nitrogens with one attached hydrogen (secondary N) is 2. The number of halogens is 1. The molecule has 0 unspecified atom stereocenters. The van der Waals surface area contributed by atoms with Crippen LogP contribution in [0.1, 0.15) is 32.3 Å². The molecule has 0 bridgehead atoms. The first-order chi connectivity index (χ1) is 12.6. The number of piperidine rings is 1. The predicted octanol–water partition coefficient (Wildman–Crippen LogP) is 2.38. The fraction of sp³-hybridized carbons (Fsp3) is 0.650. The number of nitrogens with zero attached hydrogens (tertiary/aromatic N) is 2. The van der Waals surface area contributed by atoms with E-state index in [-0.39, 0.29) is 11.2 Å². The highest BCUT2D eigenvalue weighted by molar-refractivity contribution is 5.80. The maximum Gasteiger partial charge on any atom is 0.191 e. The topological polar surface area (TPSA) is 48.9 Å². The van der Waals surface area contributed by atoms with Crippen LogP contribution in [0, 0.1) is 11.2 Å². The molecule has 2 aliphatic rings. The van der Waals surface area contributed by atoms with Crippen LogP contribution in [0.5, 0.6) is 0 Å². The molecule has 2 fully saturated rings. The maximum atomic E-state index is 13.0. The zero-order valence-electron chi connectivity index (χ0n) is 15.9. The molecule has 144 valence electrons. The van der Waals surface area contributed by atoms with Crippen molar-refractivity contribution in [1.29, 1.82) is 0 Å². The van der Waals surface area contributed by atoms with Crippen LogP contribution in [-0.4, -0.2) is 56.3 Å². The zero-order valence-corrected chi connectivity index (χ0v) is 15.9. The highest BCUT2D eigenvalue weighted by Gasteiger charge is 2.33. The first kappa shape index (κ1) is 19.1. The van der Waals surface area contributed by atoms with Gasteiger partial charge in [-0.15, -0.1) is 0 Å². The predicted molar refractivity (Wildman–Crippen MR) is 103 cm³/mol. The Morgan fingerprint density at radius 3 is 2.54 bits per heavy atom. The minimum absolute atomic E-state index is 0.172. The van der Waals surface area contributed by atoms with Gasteiger partial charge in [0.25, 0.3) is 0 Å². The van der Waals surface area contributed by atoms with Crippen LogP contribution in [0.3, 0.4) is 0 Å². The lowest BCUT2D eigenvalue weighted by Crippen LogP contribution is -2.49. The zero-order chi connectivity index (χ0) is 18.4. The van der Waals surface area contributed by atoms with E-state index in [1.807, 2.05) is 12.1 Å². The minimum Gasteiger partial charge on any atom is -0.380 e. The summed E-state index contributed by atoms with van der Waals surface area (Å²) < 4.78 is 18.3. The Labute approximate surface area is 156 Å². The molecule has 6 heteroatoms. The Hall–Kier alpha value is -1.66. The first-order valence-electron chi connectivity index (χ1n) is 9.66. The standard InChI is InChI=1S/C20H31FN4O/c1-3-22-19(23-13-20(2)14-26-15-20)24-18-8-10-25(11-9-18)12-16-4-6-17(21)7-5-16/h4-7,18H,3,8-15H2,1-2H3,(H2,22,23,24). The van der Waals surface area contributed by atoms with Crippen molar-refractivity contribution in [2.75, 3.05) is 39.4 Å². The molecule has 0 amide bonds. The number of hydrogen-bond donors (Lipinski definition) is 2. The van der Waals surface area contributed by atoms with Crippen molar-refractivity contribution in [1.82, 2.24) is 15.5 Å². The van der Waals surface area contributed by atoms with Crippen LogP contribution >= 0.6 is 0 Å². The van der Waals surface area contributed by atoms with Crippen LogP contribution in [0.2, 0.25) is 0 Å². The van der Waals surface area contributed by atoms with E-state index < -0.39 is 0 Å². The lowest BCUT2D eigenvalue weighted by Gasteiger charge is -2.37. The lowest BCUT2D eigenvalue weighted by molar-refractivity contribution is -0.0945. The molecule has 0 radical (unpaired) electrons. The van der Waals surface area contributed by atoms with Gasteiger partial charge in [0.2, 0.25) is 0 Å². The quantitative estimate of drug-likeness (QED) is 0.603. The second-order valence-electron chi connectivity index (χ2n) is 7.82. The van der Waals surface area contributed by atoms with E-state index in [9.17, 15) is 4.39 Å². The van der Waals surface area contributed by atoms with Gasteiger partial charge in [0.15, 0.2) is 5.96 Å². The van der Waals surface area contributed by atoms with Gasteiger partial charge in [-0.2, -0.15) is 0 Å². The third kappa shape index (κ3) is 5.42. The number of benzene rings is 1. The van der Waals surface area contributed by atoms with E-state index in [0.717, 1.165) is 64.7 Å². The Bertz CT molecular complexity index is 592. The molecule has 0 aromatic heterocycles. The number of ether oxygens (including phenoxy) is 1. The smallest absolute Gasteiger partial charge is 0.191 e. The fourth-order valence-corrected chi connectivity index (χ4v) is 3.41. The molecule has 0 aliphatic carbocycles. The second kappa shape index (κ2) is 8.82. The summed E-state index contributed by atoms with van der Waals surface area (Å²) in [6, 6.07) is 7.27. The first-order valence-corrected chi connectivity index (χ1v) is 9.66. The third-order valence-corrected chi connectivity index (χ3v) is 5.11. The Balaban J connectivity index is 1.45. The summed E-state index contributed by atoms with van der Waals surface area (Å²) in [5.74, 6) is 0.742. The van der Waals surface area contributed by atoms with Crippen LogP contribution in [0.15, 0.2) is 29.3 Å². The number of likely N-dealkylation sites (tertiary alicyclic amines) is 1. The molecule has 2 aliphatic heterocycles. The highest BCUT2D eigenvalue weighted by atomic mass is 19.1. The van der Waals surface area contributed by atoms with E-state index >= 15 is 0 Å². The van der Waals surface area contributed by atoms with Gasteiger partial charge in [-0.05, 0) is 37.5 Å². The summed E-state index contributed by atoms with van der Waals surface area (Å²) in [4.78, 5) is 7.19. The second-order valence-corrected chi connectivity index (χ2v) is 7.82. The van der Waals surface area contributed by atoms with Gasteiger partial charge >= 0.3 is 0 Å². The van der Waals surface area contributed by atoms with E-state index in [1.165, 1.54) is 17.7 Å². The number of rotatable bonds is 6.